The van der Waals surface area contributed by atoms with E-state index in [0.29, 0.717) is 5.82 Å². The first-order valence-electron chi connectivity index (χ1n) is 2.76. The maximum absolute atomic E-state index is 10.4. The molecule has 1 heterocycles. The summed E-state index contributed by atoms with van der Waals surface area (Å²) >= 11 is 0. The molecule has 0 spiro atoms. The molecule has 0 saturated heterocycles. The van der Waals surface area contributed by atoms with Crippen LogP contribution in [0, 0.1) is 12.3 Å². The number of hydrogen-bond donors (Lipinski definition) is 1. The summed E-state index contributed by atoms with van der Waals surface area (Å²) in [6, 6.07) is 0. The van der Waals surface area contributed by atoms with Gasteiger partial charge in [0.1, 0.15) is 0 Å². The first-order chi connectivity index (χ1) is 4.74. The summed E-state index contributed by atoms with van der Waals surface area (Å²) in [6.07, 6.45) is 5.06. The molecule has 1 aromatic rings. The summed E-state index contributed by atoms with van der Waals surface area (Å²) in [5, 5.41) is 3.40. The summed E-state index contributed by atoms with van der Waals surface area (Å²) in [6.45, 7) is 1.74. The molecule has 1 rings (SSSR count). The fourth-order valence-electron chi connectivity index (χ4n) is 0.507. The highest BCUT2D eigenvalue weighted by Gasteiger charge is 2.05. The van der Waals surface area contributed by atoms with Crippen molar-refractivity contribution in [2.75, 3.05) is 0 Å². The maximum atomic E-state index is 10.4. The lowest BCUT2D eigenvalue weighted by Crippen LogP contribution is -1.98. The van der Waals surface area contributed by atoms with Crippen molar-refractivity contribution < 1.29 is 4.52 Å². The molecule has 4 heteroatoms. The number of rotatable bonds is 1. The van der Waals surface area contributed by atoms with E-state index in [1.165, 1.54) is 0 Å². The molecular formula is C6H6N2O2. The molecule has 0 radical (unpaired) electrons. The highest BCUT2D eigenvalue weighted by Crippen LogP contribution is 2.04. The fraction of sp³-hybridized carbons (Fsp3) is 0.333. The second-order valence-electron chi connectivity index (χ2n) is 1.87. The van der Waals surface area contributed by atoms with Gasteiger partial charge in [-0.2, -0.15) is 0 Å². The predicted octanol–water partition coefficient (Wildman–Crippen LogP) is 0.0996. The minimum absolute atomic E-state index is 0.202. The molecular weight excluding hydrogens is 132 g/mol. The van der Waals surface area contributed by atoms with Gasteiger partial charge in [-0.15, -0.1) is 6.42 Å². The molecule has 0 fully saturated rings. The third kappa shape index (κ3) is 1.08. The van der Waals surface area contributed by atoms with E-state index in [0.717, 1.165) is 0 Å². The smallest absolute Gasteiger partial charge is 0.296 e. The zero-order valence-corrected chi connectivity index (χ0v) is 5.42. The summed E-state index contributed by atoms with van der Waals surface area (Å²) in [5.41, 5.74) is 0. The van der Waals surface area contributed by atoms with Crippen LogP contribution in [0.15, 0.2) is 9.32 Å². The van der Waals surface area contributed by atoms with Gasteiger partial charge in [0.25, 0.3) is 0 Å². The quantitative estimate of drug-likeness (QED) is 0.560. The molecule has 1 aromatic heterocycles. The second kappa shape index (κ2) is 2.40. The van der Waals surface area contributed by atoms with Crippen molar-refractivity contribution in [3.63, 3.8) is 0 Å². The van der Waals surface area contributed by atoms with Crippen LogP contribution in [0.25, 0.3) is 0 Å². The highest BCUT2D eigenvalue weighted by atomic mass is 16.5. The van der Waals surface area contributed by atoms with Gasteiger partial charge in [0.05, 0.1) is 5.92 Å². The molecule has 4 nitrogen and oxygen atoms in total. The zero-order chi connectivity index (χ0) is 7.56. The fourth-order valence-corrected chi connectivity index (χ4v) is 0.507. The van der Waals surface area contributed by atoms with E-state index >= 15 is 0 Å². The number of hydrogen-bond acceptors (Lipinski definition) is 3. The third-order valence-electron chi connectivity index (χ3n) is 1.12. The van der Waals surface area contributed by atoms with Crippen molar-refractivity contribution in [2.24, 2.45) is 0 Å². The number of aromatic amines is 1. The highest BCUT2D eigenvalue weighted by molar-refractivity contribution is 5.07. The molecule has 1 atom stereocenters. The van der Waals surface area contributed by atoms with E-state index in [1.807, 2.05) is 0 Å². The number of terminal acetylenes is 1. The monoisotopic (exact) mass is 138 g/mol. The molecule has 52 valence electrons. The molecule has 0 saturated carbocycles. The van der Waals surface area contributed by atoms with Gasteiger partial charge >= 0.3 is 5.76 Å². The van der Waals surface area contributed by atoms with Crippen molar-refractivity contribution in [3.05, 3.63) is 16.4 Å². The first kappa shape index (κ1) is 6.62. The van der Waals surface area contributed by atoms with E-state index < -0.39 is 5.76 Å². The Morgan fingerprint density at radius 2 is 2.60 bits per heavy atom. The Kier molecular flexibility index (Phi) is 1.59. The lowest BCUT2D eigenvalue weighted by molar-refractivity contribution is 0.380. The number of nitrogens with zero attached hydrogens (tertiary/aromatic N) is 1. The third-order valence-corrected chi connectivity index (χ3v) is 1.12. The SMILES string of the molecule is C#CC(C)c1noc(=O)[nH]1. The lowest BCUT2D eigenvalue weighted by Gasteiger charge is -1.91. The molecule has 0 aromatic carbocycles. The van der Waals surface area contributed by atoms with Gasteiger partial charge in [0.15, 0.2) is 5.82 Å². The topological polar surface area (TPSA) is 58.9 Å². The number of aromatic nitrogens is 2. The second-order valence-corrected chi connectivity index (χ2v) is 1.87. The lowest BCUT2D eigenvalue weighted by atomic mass is 10.2. The van der Waals surface area contributed by atoms with E-state index in [-0.39, 0.29) is 5.92 Å². The summed E-state index contributed by atoms with van der Waals surface area (Å²) in [4.78, 5) is 12.7. The Morgan fingerprint density at radius 3 is 3.00 bits per heavy atom. The first-order valence-corrected chi connectivity index (χ1v) is 2.76. The summed E-state index contributed by atoms with van der Waals surface area (Å²) in [5.74, 6) is 2.02. The molecule has 1 unspecified atom stereocenters. The van der Waals surface area contributed by atoms with Crippen LogP contribution in [0.3, 0.4) is 0 Å². The van der Waals surface area contributed by atoms with Crippen molar-refractivity contribution >= 4 is 0 Å². The van der Waals surface area contributed by atoms with Crippen LogP contribution in [-0.2, 0) is 0 Å². The summed E-state index contributed by atoms with van der Waals surface area (Å²) < 4.78 is 4.23. The molecule has 0 bridgehead atoms. The number of H-pyrrole nitrogens is 1. The van der Waals surface area contributed by atoms with Crippen LogP contribution in [0.5, 0.6) is 0 Å². The maximum Gasteiger partial charge on any atom is 0.438 e. The van der Waals surface area contributed by atoms with Crippen molar-refractivity contribution in [1.29, 1.82) is 0 Å². The van der Waals surface area contributed by atoms with Gasteiger partial charge in [0.2, 0.25) is 0 Å². The van der Waals surface area contributed by atoms with Crippen LogP contribution in [-0.4, -0.2) is 10.1 Å². The molecule has 10 heavy (non-hydrogen) atoms. The van der Waals surface area contributed by atoms with E-state index in [9.17, 15) is 4.79 Å². The van der Waals surface area contributed by atoms with E-state index in [4.69, 9.17) is 6.42 Å². The minimum Gasteiger partial charge on any atom is -0.296 e. The Morgan fingerprint density at radius 1 is 1.90 bits per heavy atom. The van der Waals surface area contributed by atoms with Crippen molar-refractivity contribution in [2.45, 2.75) is 12.8 Å². The van der Waals surface area contributed by atoms with Crippen LogP contribution >= 0.6 is 0 Å². The van der Waals surface area contributed by atoms with Gasteiger partial charge in [-0.1, -0.05) is 11.1 Å². The minimum atomic E-state index is -0.572. The van der Waals surface area contributed by atoms with Gasteiger partial charge in [-0.3, -0.25) is 9.51 Å². The largest absolute Gasteiger partial charge is 0.438 e. The zero-order valence-electron chi connectivity index (χ0n) is 5.42. The molecule has 0 amide bonds. The Bertz CT molecular complexity index is 304. The standard InChI is InChI=1S/C6H6N2O2/c1-3-4(2)5-7-6(9)10-8-5/h1,4H,2H3,(H,7,8,9). The van der Waals surface area contributed by atoms with Crippen LogP contribution < -0.4 is 5.76 Å². The van der Waals surface area contributed by atoms with Gasteiger partial charge in [-0.25, -0.2) is 4.79 Å². The van der Waals surface area contributed by atoms with Crippen LogP contribution in [0.2, 0.25) is 0 Å². The predicted molar refractivity (Wildman–Crippen MR) is 34.4 cm³/mol. The molecule has 0 aliphatic rings. The Hall–Kier alpha value is -1.50. The Labute approximate surface area is 57.2 Å². The van der Waals surface area contributed by atoms with Crippen molar-refractivity contribution in [3.8, 4) is 12.3 Å². The average molecular weight is 138 g/mol. The Balaban J connectivity index is 2.98. The molecule has 1 N–H and O–H groups in total. The number of nitrogens with one attached hydrogen (secondary N) is 1. The van der Waals surface area contributed by atoms with E-state index in [2.05, 4.69) is 20.6 Å². The molecule has 0 aliphatic carbocycles. The summed E-state index contributed by atoms with van der Waals surface area (Å²) in [7, 11) is 0. The van der Waals surface area contributed by atoms with Gasteiger partial charge < -0.3 is 0 Å². The van der Waals surface area contributed by atoms with Crippen LogP contribution in [0.1, 0.15) is 18.7 Å². The van der Waals surface area contributed by atoms with Gasteiger partial charge in [-0.05, 0) is 6.92 Å². The van der Waals surface area contributed by atoms with Gasteiger partial charge in [0, 0.05) is 0 Å². The normalized spacial score (nSPS) is 12.4. The van der Waals surface area contributed by atoms with Crippen molar-refractivity contribution in [1.82, 2.24) is 10.1 Å². The molecule has 0 aliphatic heterocycles. The van der Waals surface area contributed by atoms with Crippen LogP contribution in [0.4, 0.5) is 0 Å². The van der Waals surface area contributed by atoms with E-state index in [1.54, 1.807) is 6.92 Å². The average Bonchev–Trinajstić information content (AvgIpc) is 2.34.